The van der Waals surface area contributed by atoms with Gasteiger partial charge in [-0.3, -0.25) is 4.79 Å². The summed E-state index contributed by atoms with van der Waals surface area (Å²) in [7, 11) is 0. The number of halogens is 3. The number of rotatable bonds is 3. The van der Waals surface area contributed by atoms with Crippen molar-refractivity contribution in [3.63, 3.8) is 0 Å². The molecule has 112 valence electrons. The minimum Gasteiger partial charge on any atom is -0.406 e. The van der Waals surface area contributed by atoms with Gasteiger partial charge in [0.2, 0.25) is 0 Å². The number of aldehydes is 1. The number of hydrogen-bond donors (Lipinski definition) is 0. The predicted octanol–water partition coefficient (Wildman–Crippen LogP) is 3.74. The lowest BCUT2D eigenvalue weighted by atomic mass is 10.2. The molecule has 0 radical (unpaired) electrons. The van der Waals surface area contributed by atoms with E-state index in [2.05, 4.69) is 9.84 Å². The lowest BCUT2D eigenvalue weighted by molar-refractivity contribution is -0.274. The van der Waals surface area contributed by atoms with Crippen LogP contribution in [0.2, 0.25) is 0 Å². The van der Waals surface area contributed by atoms with Gasteiger partial charge in [-0.15, -0.1) is 13.2 Å². The molecular weight excluding hydrogens is 297 g/mol. The van der Waals surface area contributed by atoms with Crippen molar-refractivity contribution in [2.24, 2.45) is 0 Å². The molecule has 3 aromatic rings. The average Bonchev–Trinajstić information content (AvgIpc) is 2.89. The third-order valence-electron chi connectivity index (χ3n) is 3.04. The molecular formula is C15H9F3N2O2. The van der Waals surface area contributed by atoms with E-state index in [0.29, 0.717) is 11.3 Å². The van der Waals surface area contributed by atoms with Crippen molar-refractivity contribution in [2.45, 2.75) is 6.36 Å². The molecule has 22 heavy (non-hydrogen) atoms. The Morgan fingerprint density at radius 3 is 2.45 bits per heavy atom. The summed E-state index contributed by atoms with van der Waals surface area (Å²) in [6.07, 6.45) is -2.40. The third kappa shape index (κ3) is 2.78. The SMILES string of the molecule is O=Cc1ccc2c(cnn2-c2ccc(OC(F)(F)F)cc2)c1. The topological polar surface area (TPSA) is 44.1 Å². The van der Waals surface area contributed by atoms with Crippen LogP contribution in [0.25, 0.3) is 16.6 Å². The Hall–Kier alpha value is -2.83. The van der Waals surface area contributed by atoms with Crippen LogP contribution in [0.4, 0.5) is 13.2 Å². The molecule has 0 spiro atoms. The third-order valence-corrected chi connectivity index (χ3v) is 3.04. The van der Waals surface area contributed by atoms with Gasteiger partial charge in [0, 0.05) is 10.9 Å². The van der Waals surface area contributed by atoms with Gasteiger partial charge in [0.25, 0.3) is 0 Å². The van der Waals surface area contributed by atoms with Gasteiger partial charge in [0.05, 0.1) is 17.4 Å². The van der Waals surface area contributed by atoms with Crippen molar-refractivity contribution in [1.29, 1.82) is 0 Å². The number of carbonyl (C=O) groups is 1. The fraction of sp³-hybridized carbons (Fsp3) is 0.0667. The summed E-state index contributed by atoms with van der Waals surface area (Å²) < 4.78 is 41.8. The zero-order valence-electron chi connectivity index (χ0n) is 11.0. The molecule has 0 saturated carbocycles. The molecule has 1 aromatic heterocycles. The Labute approximate surface area is 122 Å². The number of alkyl halides is 3. The first kappa shape index (κ1) is 14.1. The van der Waals surface area contributed by atoms with Gasteiger partial charge in [-0.1, -0.05) is 0 Å². The minimum absolute atomic E-state index is 0.295. The standard InChI is InChI=1S/C15H9F3N2O2/c16-15(17,18)22-13-4-2-12(3-5-13)20-14-6-1-10(9-21)7-11(14)8-19-20/h1-9H. The number of aromatic nitrogens is 2. The van der Waals surface area contributed by atoms with Crippen LogP contribution < -0.4 is 4.74 Å². The van der Waals surface area contributed by atoms with Crippen LogP contribution in [0.1, 0.15) is 10.4 Å². The largest absolute Gasteiger partial charge is 0.573 e. The molecule has 4 nitrogen and oxygen atoms in total. The summed E-state index contributed by atoms with van der Waals surface area (Å²) in [5.74, 6) is -0.295. The van der Waals surface area contributed by atoms with Crippen LogP contribution in [0.3, 0.4) is 0 Å². The summed E-state index contributed by atoms with van der Waals surface area (Å²) in [5.41, 5.74) is 1.86. The molecule has 0 aliphatic carbocycles. The number of carbonyl (C=O) groups excluding carboxylic acids is 1. The van der Waals surface area contributed by atoms with Gasteiger partial charge < -0.3 is 4.74 Å². The van der Waals surface area contributed by atoms with Gasteiger partial charge in [0.1, 0.15) is 12.0 Å². The molecule has 0 atom stereocenters. The highest BCUT2D eigenvalue weighted by Gasteiger charge is 2.30. The quantitative estimate of drug-likeness (QED) is 0.692. The van der Waals surface area contributed by atoms with Crippen LogP contribution >= 0.6 is 0 Å². The molecule has 0 N–H and O–H groups in total. The summed E-state index contributed by atoms with van der Waals surface area (Å²) in [6, 6.07) is 10.4. The number of fused-ring (bicyclic) bond motifs is 1. The first-order valence-corrected chi connectivity index (χ1v) is 6.25. The molecule has 0 fully saturated rings. The summed E-state index contributed by atoms with van der Waals surface area (Å²) >= 11 is 0. The Kier molecular flexibility index (Phi) is 3.32. The van der Waals surface area contributed by atoms with Crippen LogP contribution in [0, 0.1) is 0 Å². The maximum atomic E-state index is 12.1. The predicted molar refractivity (Wildman–Crippen MR) is 73.1 cm³/mol. The number of hydrogen-bond acceptors (Lipinski definition) is 3. The van der Waals surface area contributed by atoms with Crippen molar-refractivity contribution in [3.8, 4) is 11.4 Å². The Balaban J connectivity index is 1.96. The van der Waals surface area contributed by atoms with Crippen molar-refractivity contribution in [3.05, 3.63) is 54.2 Å². The van der Waals surface area contributed by atoms with Crippen LogP contribution in [0.15, 0.2) is 48.7 Å². The van der Waals surface area contributed by atoms with E-state index in [1.54, 1.807) is 29.1 Å². The highest BCUT2D eigenvalue weighted by atomic mass is 19.4. The van der Waals surface area contributed by atoms with Gasteiger partial charge in [-0.2, -0.15) is 5.10 Å². The fourth-order valence-electron chi connectivity index (χ4n) is 2.12. The first-order valence-electron chi connectivity index (χ1n) is 6.25. The monoisotopic (exact) mass is 306 g/mol. The van der Waals surface area contributed by atoms with Crippen LogP contribution in [0.5, 0.6) is 5.75 Å². The van der Waals surface area contributed by atoms with Crippen LogP contribution in [-0.2, 0) is 0 Å². The van der Waals surface area contributed by atoms with Crippen molar-refractivity contribution < 1.29 is 22.7 Å². The zero-order chi connectivity index (χ0) is 15.7. The van der Waals surface area contributed by atoms with E-state index in [4.69, 9.17) is 0 Å². The molecule has 0 saturated heterocycles. The number of benzene rings is 2. The van der Waals surface area contributed by atoms with Gasteiger partial charge >= 0.3 is 6.36 Å². The van der Waals surface area contributed by atoms with Crippen molar-refractivity contribution >= 4 is 17.2 Å². The maximum absolute atomic E-state index is 12.1. The van der Waals surface area contributed by atoms with E-state index in [1.807, 2.05) is 0 Å². The van der Waals surface area contributed by atoms with Crippen molar-refractivity contribution in [1.82, 2.24) is 9.78 Å². The summed E-state index contributed by atoms with van der Waals surface area (Å²) in [6.45, 7) is 0. The van der Waals surface area contributed by atoms with E-state index >= 15 is 0 Å². The second-order valence-corrected chi connectivity index (χ2v) is 4.53. The molecule has 0 aliphatic rings. The molecule has 7 heteroatoms. The van der Waals surface area contributed by atoms with E-state index < -0.39 is 6.36 Å². The first-order chi connectivity index (χ1) is 10.5. The number of ether oxygens (including phenoxy) is 1. The van der Waals surface area contributed by atoms with Crippen molar-refractivity contribution in [2.75, 3.05) is 0 Å². The smallest absolute Gasteiger partial charge is 0.406 e. The minimum atomic E-state index is -4.72. The van der Waals surface area contributed by atoms with Crippen LogP contribution in [-0.4, -0.2) is 22.4 Å². The average molecular weight is 306 g/mol. The molecule has 0 bridgehead atoms. The molecule has 3 rings (SSSR count). The highest BCUT2D eigenvalue weighted by Crippen LogP contribution is 2.25. The molecule has 2 aromatic carbocycles. The lowest BCUT2D eigenvalue weighted by Crippen LogP contribution is -2.17. The molecule has 0 amide bonds. The highest BCUT2D eigenvalue weighted by molar-refractivity contribution is 5.87. The van der Waals surface area contributed by atoms with E-state index in [1.165, 1.54) is 24.3 Å². The lowest BCUT2D eigenvalue weighted by Gasteiger charge is -2.09. The maximum Gasteiger partial charge on any atom is 0.573 e. The molecule has 0 unspecified atom stereocenters. The van der Waals surface area contributed by atoms with E-state index in [-0.39, 0.29) is 5.75 Å². The molecule has 0 aliphatic heterocycles. The zero-order valence-corrected chi connectivity index (χ0v) is 11.0. The number of nitrogens with zero attached hydrogens (tertiary/aromatic N) is 2. The summed E-state index contributed by atoms with van der Waals surface area (Å²) in [5, 5.41) is 4.95. The normalized spacial score (nSPS) is 11.6. The Morgan fingerprint density at radius 1 is 1.09 bits per heavy atom. The molecule has 1 heterocycles. The Bertz CT molecular complexity index is 823. The fourth-order valence-corrected chi connectivity index (χ4v) is 2.12. The second-order valence-electron chi connectivity index (χ2n) is 4.53. The Morgan fingerprint density at radius 2 is 1.82 bits per heavy atom. The van der Waals surface area contributed by atoms with Gasteiger partial charge in [-0.25, -0.2) is 4.68 Å². The van der Waals surface area contributed by atoms with E-state index in [9.17, 15) is 18.0 Å². The van der Waals surface area contributed by atoms with Gasteiger partial charge in [0.15, 0.2) is 0 Å². The second kappa shape index (κ2) is 5.18. The van der Waals surface area contributed by atoms with E-state index in [0.717, 1.165) is 17.2 Å². The summed E-state index contributed by atoms with van der Waals surface area (Å²) in [4.78, 5) is 10.7. The van der Waals surface area contributed by atoms with Gasteiger partial charge in [-0.05, 0) is 42.5 Å².